The maximum absolute atomic E-state index is 12.8. The summed E-state index contributed by atoms with van der Waals surface area (Å²) in [6, 6.07) is 9.16. The van der Waals surface area contributed by atoms with Crippen LogP contribution in [-0.4, -0.2) is 34.5 Å². The summed E-state index contributed by atoms with van der Waals surface area (Å²) in [5.74, 6) is -0.662. The Morgan fingerprint density at radius 1 is 1.09 bits per heavy atom. The summed E-state index contributed by atoms with van der Waals surface area (Å²) < 4.78 is 86.6. The predicted molar refractivity (Wildman–Crippen MR) is 121 cm³/mol. The second-order valence-corrected chi connectivity index (χ2v) is 12.5. The van der Waals surface area contributed by atoms with Crippen molar-refractivity contribution in [3.05, 3.63) is 59.2 Å². The molecule has 1 saturated carbocycles. The average Bonchev–Trinajstić information content (AvgIpc) is 3.41. The van der Waals surface area contributed by atoms with Gasteiger partial charge in [0.05, 0.1) is 22.9 Å². The van der Waals surface area contributed by atoms with Gasteiger partial charge in [-0.2, -0.15) is 13.2 Å². The summed E-state index contributed by atoms with van der Waals surface area (Å²) in [6.07, 6.45) is 1.52. The Bertz CT molecular complexity index is 1320. The van der Waals surface area contributed by atoms with Crippen LogP contribution in [-0.2, 0) is 30.1 Å². The van der Waals surface area contributed by atoms with Crippen molar-refractivity contribution < 1.29 is 34.8 Å². The molecule has 0 aliphatic heterocycles. The van der Waals surface area contributed by atoms with E-state index in [4.69, 9.17) is 0 Å². The molecule has 12 heteroatoms. The Balaban J connectivity index is 1.69. The van der Waals surface area contributed by atoms with Crippen LogP contribution in [0.2, 0.25) is 0 Å². The van der Waals surface area contributed by atoms with Crippen molar-refractivity contribution in [2.75, 3.05) is 11.0 Å². The molecule has 3 rings (SSSR count). The lowest BCUT2D eigenvalue weighted by atomic mass is 9.95. The van der Waals surface area contributed by atoms with E-state index in [2.05, 4.69) is 10.0 Å². The van der Waals surface area contributed by atoms with Gasteiger partial charge < -0.3 is 5.32 Å². The van der Waals surface area contributed by atoms with E-state index in [1.165, 1.54) is 12.1 Å². The van der Waals surface area contributed by atoms with Gasteiger partial charge in [-0.3, -0.25) is 9.52 Å². The van der Waals surface area contributed by atoms with Gasteiger partial charge in [-0.1, -0.05) is 31.2 Å². The molecule has 1 aliphatic rings. The predicted octanol–water partition coefficient (Wildman–Crippen LogP) is 3.82. The standard InChI is InChI=1S/C22H25F3N2O5S2/c1-13-11-15(5-10-19(13)27-33(4,29)30)14(2)26-20(28)18-12-21(18,3)16-6-8-17(9-7-16)34(31,32)22(23,24)25/h5-11,14,18,27H,12H2,1-4H3,(H,26,28)/t14?,18-,21?/m0/s1. The molecule has 0 saturated heterocycles. The van der Waals surface area contributed by atoms with E-state index in [9.17, 15) is 34.8 Å². The van der Waals surface area contributed by atoms with E-state index in [0.717, 1.165) is 24.0 Å². The summed E-state index contributed by atoms with van der Waals surface area (Å²) >= 11 is 0. The molecule has 0 bridgehead atoms. The zero-order valence-corrected chi connectivity index (χ0v) is 20.5. The summed E-state index contributed by atoms with van der Waals surface area (Å²) in [6.45, 7) is 5.32. The van der Waals surface area contributed by atoms with Gasteiger partial charge in [0.2, 0.25) is 15.9 Å². The number of carbonyl (C=O) groups is 1. The average molecular weight is 519 g/mol. The van der Waals surface area contributed by atoms with Crippen LogP contribution in [0.4, 0.5) is 18.9 Å². The van der Waals surface area contributed by atoms with Crippen LogP contribution in [0.25, 0.3) is 0 Å². The van der Waals surface area contributed by atoms with E-state index in [0.29, 0.717) is 23.2 Å². The van der Waals surface area contributed by atoms with Crippen molar-refractivity contribution in [3.8, 4) is 0 Å². The molecule has 186 valence electrons. The largest absolute Gasteiger partial charge is 0.501 e. The minimum atomic E-state index is -5.43. The van der Waals surface area contributed by atoms with Crippen molar-refractivity contribution in [1.29, 1.82) is 0 Å². The van der Waals surface area contributed by atoms with Gasteiger partial charge in [0.25, 0.3) is 9.84 Å². The van der Waals surface area contributed by atoms with Crippen molar-refractivity contribution >= 4 is 31.5 Å². The molecule has 2 N–H and O–H groups in total. The number of aryl methyl sites for hydroxylation is 1. The van der Waals surface area contributed by atoms with Crippen LogP contribution in [0.15, 0.2) is 47.4 Å². The summed E-state index contributed by atoms with van der Waals surface area (Å²) in [5, 5.41) is 2.91. The highest BCUT2D eigenvalue weighted by Gasteiger charge is 2.56. The third-order valence-electron chi connectivity index (χ3n) is 6.09. The first-order valence-corrected chi connectivity index (χ1v) is 13.6. The minimum absolute atomic E-state index is 0.238. The number of amides is 1. The van der Waals surface area contributed by atoms with Gasteiger partial charge in [-0.15, -0.1) is 0 Å². The fourth-order valence-electron chi connectivity index (χ4n) is 3.88. The SMILES string of the molecule is Cc1cc(C(C)NC(=O)[C@@H]2CC2(C)c2ccc(S(=O)(=O)C(F)(F)F)cc2)ccc1NS(C)(=O)=O. The number of sulfonamides is 1. The first-order chi connectivity index (χ1) is 15.5. The summed E-state index contributed by atoms with van der Waals surface area (Å²) in [7, 11) is -8.85. The van der Waals surface area contributed by atoms with Gasteiger partial charge in [0.15, 0.2) is 0 Å². The second kappa shape index (κ2) is 8.56. The number of alkyl halides is 3. The molecule has 1 amide bonds. The molecule has 1 aliphatic carbocycles. The van der Waals surface area contributed by atoms with E-state index in [-0.39, 0.29) is 11.9 Å². The van der Waals surface area contributed by atoms with Crippen LogP contribution in [0, 0.1) is 12.8 Å². The second-order valence-electron chi connectivity index (χ2n) is 8.83. The van der Waals surface area contributed by atoms with Crippen LogP contribution in [0.1, 0.15) is 43.0 Å². The first-order valence-electron chi connectivity index (χ1n) is 10.3. The quantitative estimate of drug-likeness (QED) is 0.579. The molecule has 7 nitrogen and oxygen atoms in total. The van der Waals surface area contributed by atoms with Gasteiger partial charge in [-0.25, -0.2) is 16.8 Å². The molecule has 2 unspecified atom stereocenters. The van der Waals surface area contributed by atoms with Crippen LogP contribution >= 0.6 is 0 Å². The van der Waals surface area contributed by atoms with Gasteiger partial charge in [0, 0.05) is 11.3 Å². The van der Waals surface area contributed by atoms with Crippen molar-refractivity contribution in [2.24, 2.45) is 5.92 Å². The van der Waals surface area contributed by atoms with E-state index >= 15 is 0 Å². The van der Waals surface area contributed by atoms with Gasteiger partial charge in [0.1, 0.15) is 0 Å². The number of carbonyl (C=O) groups excluding carboxylic acids is 1. The number of anilines is 1. The number of hydrogen-bond donors (Lipinski definition) is 2. The van der Waals surface area contributed by atoms with E-state index in [1.54, 1.807) is 39.0 Å². The van der Waals surface area contributed by atoms with Gasteiger partial charge >= 0.3 is 5.51 Å². The molecule has 34 heavy (non-hydrogen) atoms. The molecule has 1 fully saturated rings. The molecular weight excluding hydrogens is 493 g/mol. The third kappa shape index (κ3) is 5.22. The maximum Gasteiger partial charge on any atom is 0.501 e. The molecule has 3 atom stereocenters. The van der Waals surface area contributed by atoms with Crippen LogP contribution in [0.3, 0.4) is 0 Å². The lowest BCUT2D eigenvalue weighted by Crippen LogP contribution is -2.30. The maximum atomic E-state index is 12.8. The molecule has 0 heterocycles. The molecule has 2 aromatic carbocycles. The minimum Gasteiger partial charge on any atom is -0.349 e. The van der Waals surface area contributed by atoms with Crippen molar-refractivity contribution in [3.63, 3.8) is 0 Å². The third-order valence-corrected chi connectivity index (χ3v) is 8.18. The molecule has 0 spiro atoms. The number of hydrogen-bond acceptors (Lipinski definition) is 5. The fourth-order valence-corrected chi connectivity index (χ4v) is 5.27. The topological polar surface area (TPSA) is 109 Å². The number of sulfone groups is 1. The normalized spacial score (nSPS) is 21.6. The molecular formula is C22H25F3N2O5S2. The van der Waals surface area contributed by atoms with Gasteiger partial charge in [-0.05, 0) is 55.2 Å². The highest BCUT2D eigenvalue weighted by Crippen LogP contribution is 2.54. The molecule has 0 radical (unpaired) electrons. The molecule has 2 aromatic rings. The fraction of sp³-hybridized carbons (Fsp3) is 0.409. The highest BCUT2D eigenvalue weighted by atomic mass is 32.2. The highest BCUT2D eigenvalue weighted by molar-refractivity contribution is 7.92. The Morgan fingerprint density at radius 3 is 2.18 bits per heavy atom. The molecule has 0 aromatic heterocycles. The Labute approximate surface area is 196 Å². The smallest absolute Gasteiger partial charge is 0.349 e. The number of rotatable bonds is 7. The lowest BCUT2D eigenvalue weighted by molar-refractivity contribution is -0.123. The zero-order valence-electron chi connectivity index (χ0n) is 18.9. The summed E-state index contributed by atoms with van der Waals surface area (Å²) in [4.78, 5) is 12.0. The van der Waals surface area contributed by atoms with Crippen LogP contribution in [0.5, 0.6) is 0 Å². The Hall–Kier alpha value is -2.60. The Kier molecular flexibility index (Phi) is 6.55. The van der Waals surface area contributed by atoms with E-state index < -0.39 is 41.6 Å². The van der Waals surface area contributed by atoms with E-state index in [1.807, 2.05) is 0 Å². The van der Waals surface area contributed by atoms with Crippen molar-refractivity contribution in [1.82, 2.24) is 5.32 Å². The summed E-state index contributed by atoms with van der Waals surface area (Å²) in [5.41, 5.74) is -3.52. The number of benzene rings is 2. The van der Waals surface area contributed by atoms with Crippen LogP contribution < -0.4 is 10.0 Å². The Morgan fingerprint density at radius 2 is 1.68 bits per heavy atom. The van der Waals surface area contributed by atoms with Crippen molar-refractivity contribution in [2.45, 2.75) is 49.1 Å². The number of nitrogens with one attached hydrogen (secondary N) is 2. The first kappa shape index (κ1) is 26.0. The monoisotopic (exact) mass is 518 g/mol. The lowest BCUT2D eigenvalue weighted by Gasteiger charge is -2.18. The number of halogens is 3. The zero-order chi connectivity index (χ0) is 25.7.